The number of ketones is 1. The molecular weight excluding hydrogens is 410 g/mol. The van der Waals surface area contributed by atoms with Crippen molar-refractivity contribution in [3.05, 3.63) is 90.3 Å². The number of hydrogen-bond donors (Lipinski definition) is 0. The maximum atomic E-state index is 13.0. The van der Waals surface area contributed by atoms with Gasteiger partial charge in [0, 0.05) is 10.6 Å². The minimum atomic E-state index is -0.562. The van der Waals surface area contributed by atoms with Crippen LogP contribution in [0.2, 0.25) is 5.02 Å². The number of benzene rings is 2. The summed E-state index contributed by atoms with van der Waals surface area (Å²) >= 11 is 7.04. The van der Waals surface area contributed by atoms with Gasteiger partial charge in [-0.15, -0.1) is 11.3 Å². The van der Waals surface area contributed by atoms with Gasteiger partial charge in [0.25, 0.3) is 5.56 Å². The summed E-state index contributed by atoms with van der Waals surface area (Å²) in [6.45, 7) is 1.75. The second kappa shape index (κ2) is 9.49. The van der Waals surface area contributed by atoms with E-state index in [9.17, 15) is 14.4 Å². The first kappa shape index (κ1) is 20.8. The molecule has 1 heterocycles. The summed E-state index contributed by atoms with van der Waals surface area (Å²) in [5.74, 6) is -0.783. The lowest BCUT2D eigenvalue weighted by atomic mass is 10.1. The summed E-state index contributed by atoms with van der Waals surface area (Å²) in [6, 6.07) is 15.7. The Morgan fingerprint density at radius 3 is 2.45 bits per heavy atom. The van der Waals surface area contributed by atoms with Crippen molar-refractivity contribution in [1.82, 2.24) is 4.57 Å². The normalized spacial score (nSPS) is 12.2. The third kappa shape index (κ3) is 5.31. The third-order valence-corrected chi connectivity index (χ3v) is 5.34. The molecule has 0 saturated heterocycles. The predicted octanol–water partition coefficient (Wildman–Crippen LogP) is 2.62. The van der Waals surface area contributed by atoms with Crippen molar-refractivity contribution in [2.75, 3.05) is 6.61 Å². The quantitative estimate of drug-likeness (QED) is 0.448. The van der Waals surface area contributed by atoms with Crippen LogP contribution in [0.4, 0.5) is 0 Å². The van der Waals surface area contributed by atoms with E-state index in [0.717, 1.165) is 16.9 Å². The maximum absolute atomic E-state index is 13.0. The third-order valence-electron chi connectivity index (χ3n) is 4.03. The van der Waals surface area contributed by atoms with Crippen LogP contribution in [0.1, 0.15) is 22.8 Å². The van der Waals surface area contributed by atoms with Crippen LogP contribution in [0.5, 0.6) is 0 Å². The minimum Gasteiger partial charge on any atom is -0.463 e. The fourth-order valence-corrected chi connectivity index (χ4v) is 3.80. The minimum absolute atomic E-state index is 0.168. The Morgan fingerprint density at radius 2 is 1.79 bits per heavy atom. The first-order valence-electron chi connectivity index (χ1n) is 8.91. The van der Waals surface area contributed by atoms with Gasteiger partial charge < -0.3 is 4.74 Å². The van der Waals surface area contributed by atoms with E-state index in [2.05, 4.69) is 0 Å². The molecule has 0 atom stereocenters. The van der Waals surface area contributed by atoms with Gasteiger partial charge in [0.1, 0.15) is 4.66 Å². The molecule has 0 radical (unpaired) electrons. The highest BCUT2D eigenvalue weighted by atomic mass is 35.5. The van der Waals surface area contributed by atoms with Gasteiger partial charge in [-0.05, 0) is 30.7 Å². The number of hydrogen-bond acceptors (Lipinski definition) is 5. The average Bonchev–Trinajstić information content (AvgIpc) is 2.99. The van der Waals surface area contributed by atoms with Crippen molar-refractivity contribution in [2.45, 2.75) is 13.5 Å². The molecular formula is C22H18ClNO4S. The molecule has 0 aliphatic carbocycles. The van der Waals surface area contributed by atoms with Gasteiger partial charge in [-0.25, -0.2) is 4.79 Å². The Morgan fingerprint density at radius 1 is 1.10 bits per heavy atom. The molecule has 29 heavy (non-hydrogen) atoms. The zero-order chi connectivity index (χ0) is 20.8. The van der Waals surface area contributed by atoms with Crippen molar-refractivity contribution in [3.63, 3.8) is 0 Å². The fourth-order valence-electron chi connectivity index (χ4n) is 2.65. The average molecular weight is 428 g/mol. The highest BCUT2D eigenvalue weighted by molar-refractivity contribution is 7.07. The number of Topliss-reactive ketones (excluding diaryl/α,β-unsaturated/α-hetero) is 1. The van der Waals surface area contributed by atoms with Crippen molar-refractivity contribution >= 4 is 46.8 Å². The van der Waals surface area contributed by atoms with Gasteiger partial charge in [-0.1, -0.05) is 54.1 Å². The number of rotatable bonds is 6. The topological polar surface area (TPSA) is 65.4 Å². The molecule has 2 aromatic carbocycles. The van der Waals surface area contributed by atoms with Gasteiger partial charge in [0.05, 0.1) is 23.8 Å². The summed E-state index contributed by atoms with van der Waals surface area (Å²) in [5.41, 5.74) is 0.942. The molecule has 0 aliphatic heterocycles. The van der Waals surface area contributed by atoms with Gasteiger partial charge in [-0.3, -0.25) is 14.2 Å². The monoisotopic (exact) mass is 427 g/mol. The Hall–Kier alpha value is -2.96. The number of esters is 1. The summed E-state index contributed by atoms with van der Waals surface area (Å²) in [5, 5.41) is 0.593. The van der Waals surface area contributed by atoms with Crippen LogP contribution < -0.4 is 14.8 Å². The predicted molar refractivity (Wildman–Crippen MR) is 115 cm³/mol. The molecule has 0 N–H and O–H groups in total. The molecule has 0 saturated carbocycles. The molecule has 3 aromatic rings. The number of aromatic nitrogens is 1. The molecule has 0 fully saturated rings. The number of ether oxygens (including phenoxy) is 1. The Balaban J connectivity index is 2.08. The van der Waals surface area contributed by atoms with Crippen molar-refractivity contribution in [2.24, 2.45) is 0 Å². The van der Waals surface area contributed by atoms with Gasteiger partial charge in [0.15, 0.2) is 5.78 Å². The van der Waals surface area contributed by atoms with Crippen molar-refractivity contribution in [1.29, 1.82) is 0 Å². The van der Waals surface area contributed by atoms with Crippen LogP contribution in [-0.2, 0) is 16.1 Å². The number of nitrogens with zero attached hydrogens (tertiary/aromatic N) is 1. The van der Waals surface area contributed by atoms with Crippen LogP contribution in [0.25, 0.3) is 12.2 Å². The van der Waals surface area contributed by atoms with Gasteiger partial charge in [0.2, 0.25) is 0 Å². The van der Waals surface area contributed by atoms with Crippen LogP contribution in [-0.4, -0.2) is 22.9 Å². The Kier molecular flexibility index (Phi) is 6.80. The van der Waals surface area contributed by atoms with Crippen molar-refractivity contribution < 1.29 is 14.3 Å². The first-order chi connectivity index (χ1) is 14.0. The van der Waals surface area contributed by atoms with E-state index in [1.165, 1.54) is 10.6 Å². The Bertz CT molecular complexity index is 1190. The molecule has 7 heteroatoms. The lowest BCUT2D eigenvalue weighted by molar-refractivity contribution is -0.135. The molecule has 148 valence electrons. The summed E-state index contributed by atoms with van der Waals surface area (Å²) < 4.78 is 7.03. The fraction of sp³-hybridized carbons (Fsp3) is 0.136. The first-order valence-corrected chi connectivity index (χ1v) is 10.1. The number of carbonyl (C=O) groups is 2. The lowest BCUT2D eigenvalue weighted by Gasteiger charge is -2.02. The summed E-state index contributed by atoms with van der Waals surface area (Å²) in [6.07, 6.45) is 2.95. The molecule has 0 aliphatic rings. The highest BCUT2D eigenvalue weighted by Crippen LogP contribution is 2.09. The van der Waals surface area contributed by atoms with E-state index in [0.29, 0.717) is 19.8 Å². The molecule has 3 rings (SSSR count). The van der Waals surface area contributed by atoms with E-state index >= 15 is 0 Å². The molecule has 0 spiro atoms. The van der Waals surface area contributed by atoms with Gasteiger partial charge in [-0.2, -0.15) is 0 Å². The van der Waals surface area contributed by atoms with E-state index in [1.54, 1.807) is 61.5 Å². The van der Waals surface area contributed by atoms with Crippen LogP contribution in [0.15, 0.2) is 59.4 Å². The molecule has 0 bridgehead atoms. The van der Waals surface area contributed by atoms with Gasteiger partial charge >= 0.3 is 5.97 Å². The van der Waals surface area contributed by atoms with E-state index in [-0.39, 0.29) is 24.5 Å². The second-order valence-electron chi connectivity index (χ2n) is 6.08. The van der Waals surface area contributed by atoms with Crippen molar-refractivity contribution in [3.8, 4) is 0 Å². The number of thiazole rings is 1. The maximum Gasteiger partial charge on any atom is 0.333 e. The largest absolute Gasteiger partial charge is 0.463 e. The smallest absolute Gasteiger partial charge is 0.333 e. The SMILES string of the molecule is CCOC(=O)C=c1sc(=Cc2ccc(Cl)cc2)c(=O)n1CC(=O)c1ccccc1. The molecule has 1 aromatic heterocycles. The van der Waals surface area contributed by atoms with E-state index < -0.39 is 5.97 Å². The molecule has 5 nitrogen and oxygen atoms in total. The zero-order valence-corrected chi connectivity index (χ0v) is 17.2. The van der Waals surface area contributed by atoms with Crippen LogP contribution in [0.3, 0.4) is 0 Å². The zero-order valence-electron chi connectivity index (χ0n) is 15.6. The molecule has 0 amide bonds. The summed E-state index contributed by atoms with van der Waals surface area (Å²) in [4.78, 5) is 37.5. The highest BCUT2D eigenvalue weighted by Gasteiger charge is 2.12. The lowest BCUT2D eigenvalue weighted by Crippen LogP contribution is -2.34. The Labute approximate surface area is 176 Å². The second-order valence-corrected chi connectivity index (χ2v) is 7.58. The standard InChI is InChI=1S/C22H18ClNO4S/c1-2-28-21(26)13-20-24(14-18(25)16-6-4-3-5-7-16)22(27)19(29-20)12-15-8-10-17(23)11-9-15/h3-13H,2,14H2,1H3. The van der Waals surface area contributed by atoms with Crippen LogP contribution >= 0.6 is 22.9 Å². The number of halogens is 1. The van der Waals surface area contributed by atoms with E-state index in [4.69, 9.17) is 16.3 Å². The van der Waals surface area contributed by atoms with Crippen LogP contribution in [0, 0.1) is 0 Å². The molecule has 0 unspecified atom stereocenters. The van der Waals surface area contributed by atoms with E-state index in [1.807, 2.05) is 6.07 Å². The number of carbonyl (C=O) groups excluding carboxylic acids is 2. The summed E-state index contributed by atoms with van der Waals surface area (Å²) in [7, 11) is 0.